The van der Waals surface area contributed by atoms with Crippen molar-refractivity contribution < 1.29 is 21.6 Å². The highest BCUT2D eigenvalue weighted by Crippen LogP contribution is 2.25. The van der Waals surface area contributed by atoms with E-state index in [-0.39, 0.29) is 27.3 Å². The largest absolute Gasteiger partial charge is 0.355 e. The first-order chi connectivity index (χ1) is 12.1. The summed E-state index contributed by atoms with van der Waals surface area (Å²) >= 11 is 0. The predicted octanol–water partition coefficient (Wildman–Crippen LogP) is 0.738. The number of primary sulfonamides is 1. The van der Waals surface area contributed by atoms with Crippen LogP contribution in [-0.2, 0) is 24.8 Å². The molecule has 0 aromatic heterocycles. The molecule has 1 heterocycles. The Morgan fingerprint density at radius 3 is 2.00 bits per heavy atom. The second-order valence-corrected chi connectivity index (χ2v) is 9.19. The van der Waals surface area contributed by atoms with Gasteiger partial charge in [0.2, 0.25) is 15.9 Å². The Balaban J connectivity index is 1.76. The SMILES string of the molecule is NS(=O)(=O)c1ccc(NS(=O)(=O)c2ccc([C@@H]3CNC(=O)C3)cc2)cc1. The van der Waals surface area contributed by atoms with Gasteiger partial charge in [0.25, 0.3) is 10.0 Å². The highest BCUT2D eigenvalue weighted by atomic mass is 32.2. The van der Waals surface area contributed by atoms with Gasteiger partial charge in [-0.2, -0.15) is 0 Å². The molecule has 0 bridgehead atoms. The van der Waals surface area contributed by atoms with Crippen molar-refractivity contribution in [3.8, 4) is 0 Å². The van der Waals surface area contributed by atoms with E-state index in [1.807, 2.05) is 0 Å². The summed E-state index contributed by atoms with van der Waals surface area (Å²) in [5.74, 6) is 0.0225. The lowest BCUT2D eigenvalue weighted by Crippen LogP contribution is -2.15. The second-order valence-electron chi connectivity index (χ2n) is 5.95. The van der Waals surface area contributed by atoms with E-state index in [4.69, 9.17) is 5.14 Å². The molecule has 2 aromatic rings. The maximum Gasteiger partial charge on any atom is 0.261 e. The van der Waals surface area contributed by atoms with Crippen molar-refractivity contribution in [2.24, 2.45) is 5.14 Å². The van der Waals surface area contributed by atoms with Crippen molar-refractivity contribution in [2.75, 3.05) is 11.3 Å². The van der Waals surface area contributed by atoms with Crippen LogP contribution >= 0.6 is 0 Å². The topological polar surface area (TPSA) is 135 Å². The number of rotatable bonds is 5. The molecule has 4 N–H and O–H groups in total. The number of nitrogens with two attached hydrogens (primary N) is 1. The molecule has 1 saturated heterocycles. The summed E-state index contributed by atoms with van der Waals surface area (Å²) in [6, 6.07) is 11.4. The molecule has 3 rings (SSSR count). The Morgan fingerprint density at radius 2 is 1.50 bits per heavy atom. The van der Waals surface area contributed by atoms with E-state index in [1.54, 1.807) is 12.1 Å². The molecule has 138 valence electrons. The molecule has 0 unspecified atom stereocenters. The monoisotopic (exact) mass is 395 g/mol. The molecule has 1 aliphatic heterocycles. The summed E-state index contributed by atoms with van der Waals surface area (Å²) in [5, 5.41) is 7.75. The van der Waals surface area contributed by atoms with Crippen LogP contribution in [0.4, 0.5) is 5.69 Å². The first kappa shape index (κ1) is 18.4. The van der Waals surface area contributed by atoms with E-state index >= 15 is 0 Å². The quantitative estimate of drug-likeness (QED) is 0.686. The van der Waals surface area contributed by atoms with Crippen molar-refractivity contribution in [1.82, 2.24) is 5.32 Å². The fraction of sp³-hybridized carbons (Fsp3) is 0.188. The number of hydrogen-bond acceptors (Lipinski definition) is 5. The van der Waals surface area contributed by atoms with E-state index in [9.17, 15) is 21.6 Å². The predicted molar refractivity (Wildman–Crippen MR) is 95.4 cm³/mol. The molecule has 0 aliphatic carbocycles. The van der Waals surface area contributed by atoms with Gasteiger partial charge in [-0.1, -0.05) is 12.1 Å². The average molecular weight is 395 g/mol. The average Bonchev–Trinajstić information content (AvgIpc) is 3.01. The zero-order chi connectivity index (χ0) is 18.9. The third-order valence-corrected chi connectivity index (χ3v) is 6.40. The van der Waals surface area contributed by atoms with Crippen LogP contribution in [0.5, 0.6) is 0 Å². The number of carbonyl (C=O) groups is 1. The summed E-state index contributed by atoms with van der Waals surface area (Å²) < 4.78 is 49.7. The van der Waals surface area contributed by atoms with Crippen LogP contribution in [0.2, 0.25) is 0 Å². The normalized spacial score (nSPS) is 17.7. The maximum absolute atomic E-state index is 12.4. The Kier molecular flexibility index (Phi) is 4.74. The fourth-order valence-corrected chi connectivity index (χ4v) is 4.26. The first-order valence-corrected chi connectivity index (χ1v) is 10.7. The minimum atomic E-state index is -3.84. The minimum absolute atomic E-state index is 0.0173. The lowest BCUT2D eigenvalue weighted by Gasteiger charge is -2.11. The number of carbonyl (C=O) groups excluding carboxylic acids is 1. The van der Waals surface area contributed by atoms with Gasteiger partial charge in [-0.3, -0.25) is 9.52 Å². The van der Waals surface area contributed by atoms with Crippen LogP contribution in [0.3, 0.4) is 0 Å². The van der Waals surface area contributed by atoms with E-state index < -0.39 is 20.0 Å². The molecule has 0 spiro atoms. The van der Waals surface area contributed by atoms with Gasteiger partial charge in [0.15, 0.2) is 0 Å². The Morgan fingerprint density at radius 1 is 0.923 bits per heavy atom. The third kappa shape index (κ3) is 4.03. The van der Waals surface area contributed by atoms with Gasteiger partial charge >= 0.3 is 0 Å². The number of hydrogen-bond donors (Lipinski definition) is 3. The molecular weight excluding hydrogens is 378 g/mol. The molecule has 1 amide bonds. The summed E-state index contributed by atoms with van der Waals surface area (Å²) in [6.07, 6.45) is 0.390. The van der Waals surface area contributed by atoms with Crippen LogP contribution in [0.15, 0.2) is 58.3 Å². The minimum Gasteiger partial charge on any atom is -0.355 e. The van der Waals surface area contributed by atoms with Gasteiger partial charge in [0.05, 0.1) is 9.79 Å². The molecule has 26 heavy (non-hydrogen) atoms. The lowest BCUT2D eigenvalue weighted by atomic mass is 9.99. The molecule has 1 aliphatic rings. The van der Waals surface area contributed by atoms with Crippen molar-refractivity contribution >= 4 is 31.6 Å². The third-order valence-electron chi connectivity index (χ3n) is 4.07. The van der Waals surface area contributed by atoms with Gasteiger partial charge < -0.3 is 5.32 Å². The number of sulfonamides is 2. The standard InChI is InChI=1S/C16H17N3O5S2/c17-25(21,22)14-7-3-13(4-8-14)19-26(23,24)15-5-1-11(2-6-15)12-9-16(20)18-10-12/h1-8,12,19H,9-10H2,(H,18,20)(H2,17,21,22)/t12-/m0/s1. The molecule has 0 saturated carbocycles. The van der Waals surface area contributed by atoms with Crippen LogP contribution < -0.4 is 15.2 Å². The fourth-order valence-electron chi connectivity index (χ4n) is 2.69. The smallest absolute Gasteiger partial charge is 0.261 e. The van der Waals surface area contributed by atoms with Gasteiger partial charge in [-0.15, -0.1) is 0 Å². The lowest BCUT2D eigenvalue weighted by molar-refractivity contribution is -0.119. The Bertz CT molecular complexity index is 1030. The molecule has 1 atom stereocenters. The molecule has 10 heteroatoms. The molecule has 2 aromatic carbocycles. The summed E-state index contributed by atoms with van der Waals surface area (Å²) in [6.45, 7) is 0.541. The summed E-state index contributed by atoms with van der Waals surface area (Å²) in [4.78, 5) is 11.2. The van der Waals surface area contributed by atoms with Crippen LogP contribution in [0.25, 0.3) is 0 Å². The highest BCUT2D eigenvalue weighted by Gasteiger charge is 2.23. The van der Waals surface area contributed by atoms with E-state index in [0.29, 0.717) is 13.0 Å². The number of nitrogens with one attached hydrogen (secondary N) is 2. The zero-order valence-electron chi connectivity index (χ0n) is 13.5. The molecular formula is C16H17N3O5S2. The van der Waals surface area contributed by atoms with E-state index in [0.717, 1.165) is 5.56 Å². The summed E-state index contributed by atoms with van der Waals surface area (Å²) in [5.41, 5.74) is 1.10. The van der Waals surface area contributed by atoms with Crippen molar-refractivity contribution in [1.29, 1.82) is 0 Å². The van der Waals surface area contributed by atoms with Gasteiger partial charge in [-0.05, 0) is 42.0 Å². The van der Waals surface area contributed by atoms with Crippen LogP contribution in [0.1, 0.15) is 17.9 Å². The van der Waals surface area contributed by atoms with Crippen molar-refractivity contribution in [3.63, 3.8) is 0 Å². The Hall–Kier alpha value is -2.43. The zero-order valence-corrected chi connectivity index (χ0v) is 15.2. The first-order valence-electron chi connectivity index (χ1n) is 7.67. The molecule has 8 nitrogen and oxygen atoms in total. The van der Waals surface area contributed by atoms with Gasteiger partial charge in [-0.25, -0.2) is 22.0 Å². The van der Waals surface area contributed by atoms with Crippen LogP contribution in [0, 0.1) is 0 Å². The molecule has 0 radical (unpaired) electrons. The van der Waals surface area contributed by atoms with Gasteiger partial charge in [0.1, 0.15) is 0 Å². The number of benzene rings is 2. The maximum atomic E-state index is 12.4. The highest BCUT2D eigenvalue weighted by molar-refractivity contribution is 7.92. The van der Waals surface area contributed by atoms with Crippen molar-refractivity contribution in [2.45, 2.75) is 22.1 Å². The Labute approximate surface area is 151 Å². The van der Waals surface area contributed by atoms with E-state index in [1.165, 1.54) is 36.4 Å². The van der Waals surface area contributed by atoms with E-state index in [2.05, 4.69) is 10.0 Å². The second kappa shape index (κ2) is 6.71. The summed E-state index contributed by atoms with van der Waals surface area (Å²) in [7, 11) is -7.66. The molecule has 1 fully saturated rings. The van der Waals surface area contributed by atoms with Crippen molar-refractivity contribution in [3.05, 3.63) is 54.1 Å². The number of amides is 1. The van der Waals surface area contributed by atoms with Gasteiger partial charge in [0, 0.05) is 24.6 Å². The van der Waals surface area contributed by atoms with Crippen LogP contribution in [-0.4, -0.2) is 29.3 Å². The number of anilines is 1.